The topological polar surface area (TPSA) is 38.3 Å². The van der Waals surface area contributed by atoms with E-state index in [0.717, 1.165) is 17.4 Å². The van der Waals surface area contributed by atoms with E-state index in [0.29, 0.717) is 13.2 Å². The third-order valence-corrected chi connectivity index (χ3v) is 3.10. The van der Waals surface area contributed by atoms with E-state index in [2.05, 4.69) is 5.32 Å². The molecule has 2 aromatic rings. The van der Waals surface area contributed by atoms with Crippen LogP contribution in [0.1, 0.15) is 22.8 Å². The van der Waals surface area contributed by atoms with E-state index in [1.807, 2.05) is 31.2 Å². The SMILES string of the molecule is CCOc1ccc(CNC(=O)c2ccc(Cl)cc2F)cc1. The minimum Gasteiger partial charge on any atom is -0.494 e. The molecular formula is C16H15ClFNO2. The molecule has 110 valence electrons. The molecule has 21 heavy (non-hydrogen) atoms. The highest BCUT2D eigenvalue weighted by molar-refractivity contribution is 6.30. The molecule has 0 heterocycles. The lowest BCUT2D eigenvalue weighted by molar-refractivity contribution is 0.0947. The third kappa shape index (κ3) is 4.20. The fourth-order valence-corrected chi connectivity index (χ4v) is 1.98. The monoisotopic (exact) mass is 307 g/mol. The first-order valence-corrected chi connectivity index (χ1v) is 6.93. The van der Waals surface area contributed by atoms with Crippen molar-refractivity contribution in [3.05, 3.63) is 64.4 Å². The second-order valence-corrected chi connectivity index (χ2v) is 4.82. The van der Waals surface area contributed by atoms with Gasteiger partial charge in [0.15, 0.2) is 0 Å². The van der Waals surface area contributed by atoms with Gasteiger partial charge in [-0.15, -0.1) is 0 Å². The first-order chi connectivity index (χ1) is 10.1. The van der Waals surface area contributed by atoms with Gasteiger partial charge < -0.3 is 10.1 Å². The maximum atomic E-state index is 13.6. The van der Waals surface area contributed by atoms with Crippen LogP contribution in [-0.4, -0.2) is 12.5 Å². The van der Waals surface area contributed by atoms with E-state index >= 15 is 0 Å². The van der Waals surface area contributed by atoms with Crippen molar-refractivity contribution in [2.45, 2.75) is 13.5 Å². The Morgan fingerprint density at radius 2 is 1.95 bits per heavy atom. The summed E-state index contributed by atoms with van der Waals surface area (Å²) in [7, 11) is 0. The molecule has 2 rings (SSSR count). The lowest BCUT2D eigenvalue weighted by Crippen LogP contribution is -2.23. The Labute approximate surface area is 127 Å². The van der Waals surface area contributed by atoms with E-state index in [-0.39, 0.29) is 10.6 Å². The second-order valence-electron chi connectivity index (χ2n) is 4.38. The Morgan fingerprint density at radius 1 is 1.24 bits per heavy atom. The summed E-state index contributed by atoms with van der Waals surface area (Å²) >= 11 is 5.65. The number of hydrogen-bond donors (Lipinski definition) is 1. The van der Waals surface area contributed by atoms with Crippen LogP contribution in [-0.2, 0) is 6.54 Å². The number of amides is 1. The van der Waals surface area contributed by atoms with Crippen LogP contribution < -0.4 is 10.1 Å². The first kappa shape index (κ1) is 15.3. The van der Waals surface area contributed by atoms with Crippen LogP contribution in [0.2, 0.25) is 5.02 Å². The van der Waals surface area contributed by atoms with Gasteiger partial charge in [-0.2, -0.15) is 0 Å². The zero-order chi connectivity index (χ0) is 15.2. The molecule has 2 aromatic carbocycles. The van der Waals surface area contributed by atoms with Crippen molar-refractivity contribution in [3.8, 4) is 5.75 Å². The lowest BCUT2D eigenvalue weighted by Gasteiger charge is -2.08. The van der Waals surface area contributed by atoms with Crippen molar-refractivity contribution in [1.29, 1.82) is 0 Å². The van der Waals surface area contributed by atoms with Gasteiger partial charge in [-0.3, -0.25) is 4.79 Å². The second kappa shape index (κ2) is 7.09. The zero-order valence-corrected chi connectivity index (χ0v) is 12.3. The van der Waals surface area contributed by atoms with Gasteiger partial charge in [0.05, 0.1) is 12.2 Å². The van der Waals surface area contributed by atoms with Crippen LogP contribution in [0.4, 0.5) is 4.39 Å². The number of hydrogen-bond acceptors (Lipinski definition) is 2. The van der Waals surface area contributed by atoms with Gasteiger partial charge in [-0.25, -0.2) is 4.39 Å². The Morgan fingerprint density at radius 3 is 2.57 bits per heavy atom. The van der Waals surface area contributed by atoms with Gasteiger partial charge in [0, 0.05) is 11.6 Å². The summed E-state index contributed by atoms with van der Waals surface area (Å²) in [6, 6.07) is 11.3. The molecule has 0 spiro atoms. The maximum absolute atomic E-state index is 13.6. The molecule has 1 amide bonds. The fraction of sp³-hybridized carbons (Fsp3) is 0.188. The largest absolute Gasteiger partial charge is 0.494 e. The summed E-state index contributed by atoms with van der Waals surface area (Å²) in [5.41, 5.74) is 0.881. The average Bonchev–Trinajstić information content (AvgIpc) is 2.46. The van der Waals surface area contributed by atoms with E-state index < -0.39 is 11.7 Å². The number of carbonyl (C=O) groups excluding carboxylic acids is 1. The van der Waals surface area contributed by atoms with Crippen molar-refractivity contribution in [2.24, 2.45) is 0 Å². The van der Waals surface area contributed by atoms with Gasteiger partial charge in [0.25, 0.3) is 5.91 Å². The lowest BCUT2D eigenvalue weighted by atomic mass is 10.2. The number of ether oxygens (including phenoxy) is 1. The molecule has 1 N–H and O–H groups in total. The van der Waals surface area contributed by atoms with Crippen LogP contribution in [0.25, 0.3) is 0 Å². The minimum absolute atomic E-state index is 0.0228. The molecule has 0 unspecified atom stereocenters. The molecule has 0 bridgehead atoms. The van der Waals surface area contributed by atoms with Crippen molar-refractivity contribution in [3.63, 3.8) is 0 Å². The summed E-state index contributed by atoms with van der Waals surface area (Å²) in [6.45, 7) is 2.83. The summed E-state index contributed by atoms with van der Waals surface area (Å²) in [4.78, 5) is 11.9. The van der Waals surface area contributed by atoms with Gasteiger partial charge >= 0.3 is 0 Å². The quantitative estimate of drug-likeness (QED) is 0.912. The van der Waals surface area contributed by atoms with Gasteiger partial charge in [-0.05, 0) is 42.8 Å². The van der Waals surface area contributed by atoms with Crippen molar-refractivity contribution in [1.82, 2.24) is 5.32 Å². The molecule has 0 fully saturated rings. The standard InChI is InChI=1S/C16H15ClFNO2/c1-2-21-13-6-3-11(4-7-13)10-19-16(20)14-8-5-12(17)9-15(14)18/h3-9H,2,10H2,1H3,(H,19,20). The van der Waals surface area contributed by atoms with Crippen molar-refractivity contribution < 1.29 is 13.9 Å². The Kier molecular flexibility index (Phi) is 5.17. The predicted octanol–water partition coefficient (Wildman–Crippen LogP) is 3.81. The highest BCUT2D eigenvalue weighted by atomic mass is 35.5. The smallest absolute Gasteiger partial charge is 0.254 e. The van der Waals surface area contributed by atoms with E-state index in [1.165, 1.54) is 12.1 Å². The van der Waals surface area contributed by atoms with Crippen LogP contribution in [0.3, 0.4) is 0 Å². The van der Waals surface area contributed by atoms with Gasteiger partial charge in [0.2, 0.25) is 0 Å². The molecule has 3 nitrogen and oxygen atoms in total. The van der Waals surface area contributed by atoms with Crippen LogP contribution >= 0.6 is 11.6 Å². The molecule has 0 saturated heterocycles. The van der Waals surface area contributed by atoms with Crippen LogP contribution in [0.5, 0.6) is 5.75 Å². The van der Waals surface area contributed by atoms with Gasteiger partial charge in [-0.1, -0.05) is 23.7 Å². The van der Waals surface area contributed by atoms with Crippen molar-refractivity contribution in [2.75, 3.05) is 6.61 Å². The molecule has 0 aliphatic carbocycles. The first-order valence-electron chi connectivity index (χ1n) is 6.55. The molecule has 0 saturated carbocycles. The highest BCUT2D eigenvalue weighted by Gasteiger charge is 2.11. The predicted molar refractivity (Wildman–Crippen MR) is 80.2 cm³/mol. The zero-order valence-electron chi connectivity index (χ0n) is 11.5. The highest BCUT2D eigenvalue weighted by Crippen LogP contribution is 2.15. The number of carbonyl (C=O) groups is 1. The molecule has 0 aromatic heterocycles. The fourth-order valence-electron chi connectivity index (χ4n) is 1.82. The van der Waals surface area contributed by atoms with Crippen molar-refractivity contribution >= 4 is 17.5 Å². The van der Waals surface area contributed by atoms with Gasteiger partial charge in [0.1, 0.15) is 11.6 Å². The Balaban J connectivity index is 1.97. The molecule has 5 heteroatoms. The maximum Gasteiger partial charge on any atom is 0.254 e. The normalized spacial score (nSPS) is 10.2. The minimum atomic E-state index is -0.633. The number of benzene rings is 2. The average molecular weight is 308 g/mol. The van der Waals surface area contributed by atoms with E-state index in [1.54, 1.807) is 0 Å². The van der Waals surface area contributed by atoms with Crippen LogP contribution in [0.15, 0.2) is 42.5 Å². The van der Waals surface area contributed by atoms with Crippen LogP contribution in [0, 0.1) is 5.82 Å². The molecule has 0 radical (unpaired) electrons. The molecule has 0 aliphatic rings. The molecule has 0 aliphatic heterocycles. The van der Waals surface area contributed by atoms with E-state index in [9.17, 15) is 9.18 Å². The summed E-state index contributed by atoms with van der Waals surface area (Å²) in [5, 5.41) is 2.92. The number of nitrogens with one attached hydrogen (secondary N) is 1. The summed E-state index contributed by atoms with van der Waals surface area (Å²) in [5.74, 6) is -0.332. The molecule has 0 atom stereocenters. The Hall–Kier alpha value is -2.07. The summed E-state index contributed by atoms with van der Waals surface area (Å²) < 4.78 is 18.9. The van der Waals surface area contributed by atoms with E-state index in [4.69, 9.17) is 16.3 Å². The third-order valence-electron chi connectivity index (χ3n) is 2.86. The Bertz CT molecular complexity index is 629. The number of rotatable bonds is 5. The molecular weight excluding hydrogens is 293 g/mol. The number of halogens is 2. The summed E-state index contributed by atoms with van der Waals surface area (Å²) in [6.07, 6.45) is 0.